The molecule has 4 rings (SSSR count). The first-order chi connectivity index (χ1) is 25.2. The highest BCUT2D eigenvalue weighted by molar-refractivity contribution is 8.76. The average Bonchev–Trinajstić information content (AvgIpc) is 3.65. The van der Waals surface area contributed by atoms with Gasteiger partial charge in [-0.15, -0.1) is 11.3 Å². The Kier molecular flexibility index (Phi) is 14.8. The van der Waals surface area contributed by atoms with Crippen molar-refractivity contribution in [1.82, 2.24) is 20.9 Å². The summed E-state index contributed by atoms with van der Waals surface area (Å²) < 4.78 is 22.4. The summed E-state index contributed by atoms with van der Waals surface area (Å²) in [5.74, 6) is -2.30. The Morgan fingerprint density at radius 1 is 1.08 bits per heavy atom. The van der Waals surface area contributed by atoms with E-state index in [0.717, 1.165) is 5.56 Å². The fourth-order valence-electron chi connectivity index (χ4n) is 5.37. The molecular weight excluding hydrogens is 745 g/mol. The number of benzene rings is 1. The van der Waals surface area contributed by atoms with Crippen LogP contribution in [-0.2, 0) is 49.9 Å². The van der Waals surface area contributed by atoms with E-state index in [1.165, 1.54) is 36.5 Å². The molecule has 1 unspecified atom stereocenters. The van der Waals surface area contributed by atoms with Gasteiger partial charge in [-0.1, -0.05) is 48.1 Å². The third kappa shape index (κ3) is 11.5. The lowest BCUT2D eigenvalue weighted by molar-refractivity contribution is -0.151. The Labute approximate surface area is 317 Å². The van der Waals surface area contributed by atoms with Gasteiger partial charge in [0, 0.05) is 42.1 Å². The Morgan fingerprint density at radius 3 is 2.51 bits per heavy atom. The van der Waals surface area contributed by atoms with Crippen LogP contribution in [0.2, 0.25) is 0 Å². The summed E-state index contributed by atoms with van der Waals surface area (Å²) >= 11 is 1.30. The highest BCUT2D eigenvalue weighted by Gasteiger charge is 2.63. The number of rotatable bonds is 9. The lowest BCUT2D eigenvalue weighted by atomic mass is 9.81. The normalized spacial score (nSPS) is 27.4. The van der Waals surface area contributed by atoms with Crippen LogP contribution in [0, 0.1) is 0 Å². The molecule has 2 aromatic rings. The van der Waals surface area contributed by atoms with Crippen LogP contribution >= 0.6 is 22.1 Å². The molecule has 0 aliphatic carbocycles. The third-order valence-electron chi connectivity index (χ3n) is 8.51. The van der Waals surface area contributed by atoms with Gasteiger partial charge in [-0.3, -0.25) is 24.0 Å². The number of amides is 3. The smallest absolute Gasteiger partial charge is 0.407 e. The number of esters is 1. The Bertz CT molecular complexity index is 1810. The zero-order valence-corrected chi connectivity index (χ0v) is 31.9. The van der Waals surface area contributed by atoms with Gasteiger partial charge in [0.2, 0.25) is 16.9 Å². The second-order valence-electron chi connectivity index (χ2n) is 12.6. The molecule has 0 radical (unpaired) electrons. The molecule has 3 heterocycles. The number of nitrogens with one attached hydrogen (secondary N) is 3. The summed E-state index contributed by atoms with van der Waals surface area (Å²) in [5.41, 5.74) is -0.192. The van der Waals surface area contributed by atoms with Crippen LogP contribution in [0.15, 0.2) is 65.6 Å². The lowest BCUT2D eigenvalue weighted by Crippen LogP contribution is -2.55. The number of thiazole rings is 1. The second kappa shape index (κ2) is 19.0. The van der Waals surface area contributed by atoms with Gasteiger partial charge >= 0.3 is 12.1 Å². The number of alkyl carbamates (subject to hydrolysis) is 1. The van der Waals surface area contributed by atoms with Crippen molar-refractivity contribution in [3.8, 4) is 0 Å². The van der Waals surface area contributed by atoms with Crippen LogP contribution in [0.1, 0.15) is 75.2 Å². The SMILES string of the molecule is C/C1=C\[C@@H](OC(=O)CCNC(=O)CCNC(=O)OCc2ccccc2)C(=O)/C=C/C=C\c2csc(n2)[C@H](C)NC(=O)C[C@@]2(CC1)S(=O)SC(=O)[C@]2(C)O. The maximum absolute atomic E-state index is 13.4. The summed E-state index contributed by atoms with van der Waals surface area (Å²) in [7, 11) is -1.49. The molecule has 1 spiro atoms. The van der Waals surface area contributed by atoms with Crippen LogP contribution in [0.3, 0.4) is 0 Å². The summed E-state index contributed by atoms with van der Waals surface area (Å²) in [6, 6.07) is 8.60. The number of ketones is 1. The molecule has 53 heavy (non-hydrogen) atoms. The monoisotopic (exact) mass is 786 g/mol. The van der Waals surface area contributed by atoms with E-state index in [9.17, 15) is 38.1 Å². The minimum Gasteiger partial charge on any atom is -0.450 e. The first-order valence-electron chi connectivity index (χ1n) is 16.8. The van der Waals surface area contributed by atoms with Crippen LogP contribution in [0.25, 0.3) is 6.08 Å². The fraction of sp³-hybridized carbons (Fsp3) is 0.417. The zero-order chi connectivity index (χ0) is 38.6. The topological polar surface area (TPSA) is 207 Å². The summed E-state index contributed by atoms with van der Waals surface area (Å²) in [5, 5.41) is 20.8. The highest BCUT2D eigenvalue weighted by atomic mass is 33.1. The molecule has 4 N–H and O–H groups in total. The molecule has 0 saturated carbocycles. The molecule has 2 aliphatic rings. The molecule has 5 atom stereocenters. The van der Waals surface area contributed by atoms with Crippen molar-refractivity contribution >= 4 is 72.8 Å². The average molecular weight is 787 g/mol. The number of hydrogen-bond acceptors (Lipinski definition) is 13. The molecule has 1 fully saturated rings. The molecular formula is C36H42N4O10S3. The van der Waals surface area contributed by atoms with Crippen LogP contribution < -0.4 is 16.0 Å². The van der Waals surface area contributed by atoms with E-state index >= 15 is 0 Å². The van der Waals surface area contributed by atoms with E-state index in [4.69, 9.17) is 9.47 Å². The summed E-state index contributed by atoms with van der Waals surface area (Å²) in [4.78, 5) is 80.8. The van der Waals surface area contributed by atoms with Gasteiger partial charge in [0.05, 0.1) is 28.0 Å². The van der Waals surface area contributed by atoms with Crippen molar-refractivity contribution in [2.24, 2.45) is 0 Å². The number of aromatic nitrogens is 1. The van der Waals surface area contributed by atoms with Gasteiger partial charge in [-0.25, -0.2) is 14.0 Å². The molecule has 1 aromatic heterocycles. The van der Waals surface area contributed by atoms with Gasteiger partial charge in [0.15, 0.2) is 11.9 Å². The van der Waals surface area contributed by atoms with Crippen LogP contribution in [0.5, 0.6) is 0 Å². The van der Waals surface area contributed by atoms with Gasteiger partial charge in [0.1, 0.15) is 22.0 Å². The lowest BCUT2D eigenvalue weighted by Gasteiger charge is -2.36. The molecule has 17 heteroatoms. The second-order valence-corrected chi connectivity index (χ2v) is 16.7. The van der Waals surface area contributed by atoms with E-state index in [1.807, 2.05) is 30.3 Å². The first-order valence-corrected chi connectivity index (χ1v) is 20.1. The van der Waals surface area contributed by atoms with Crippen LogP contribution in [0.4, 0.5) is 4.79 Å². The van der Waals surface area contributed by atoms with Gasteiger partial charge in [0.25, 0.3) is 0 Å². The number of carbonyl (C=O) groups is 6. The Balaban J connectivity index is 1.39. The molecule has 1 aromatic carbocycles. The predicted molar refractivity (Wildman–Crippen MR) is 200 cm³/mol. The van der Waals surface area contributed by atoms with Crippen molar-refractivity contribution in [3.05, 3.63) is 81.9 Å². The number of hydrogen-bond donors (Lipinski definition) is 4. The first kappa shape index (κ1) is 41.3. The number of ether oxygens (including phenoxy) is 2. The van der Waals surface area contributed by atoms with Crippen molar-refractivity contribution < 1.29 is 47.6 Å². The summed E-state index contributed by atoms with van der Waals surface area (Å²) in [6.07, 6.45) is 4.64. The predicted octanol–water partition coefficient (Wildman–Crippen LogP) is 3.75. The molecule has 1 saturated heterocycles. The number of nitrogens with zero attached hydrogens (tertiary/aromatic N) is 1. The van der Waals surface area contributed by atoms with E-state index < -0.39 is 73.5 Å². The van der Waals surface area contributed by atoms with Crippen LogP contribution in [-0.4, -0.2) is 78.6 Å². The largest absolute Gasteiger partial charge is 0.450 e. The van der Waals surface area contributed by atoms with Crippen molar-refractivity contribution in [2.75, 3.05) is 13.1 Å². The van der Waals surface area contributed by atoms with Crippen molar-refractivity contribution in [1.29, 1.82) is 0 Å². The zero-order valence-electron chi connectivity index (χ0n) is 29.5. The summed E-state index contributed by atoms with van der Waals surface area (Å²) in [6.45, 7) is 4.65. The van der Waals surface area contributed by atoms with Crippen molar-refractivity contribution in [3.63, 3.8) is 0 Å². The van der Waals surface area contributed by atoms with E-state index in [2.05, 4.69) is 20.9 Å². The number of aliphatic hydroxyl groups is 1. The van der Waals surface area contributed by atoms with E-state index in [-0.39, 0.29) is 45.4 Å². The molecule has 2 aliphatic heterocycles. The van der Waals surface area contributed by atoms with E-state index in [1.54, 1.807) is 31.4 Å². The Hall–Kier alpha value is -4.45. The molecule has 284 valence electrons. The highest BCUT2D eigenvalue weighted by Crippen LogP contribution is 2.50. The maximum atomic E-state index is 13.4. The number of allylic oxidation sites excluding steroid dienone is 3. The van der Waals surface area contributed by atoms with Gasteiger partial charge in [-0.05, 0) is 57.4 Å². The van der Waals surface area contributed by atoms with Gasteiger partial charge < -0.3 is 30.5 Å². The van der Waals surface area contributed by atoms with Gasteiger partial charge in [-0.2, -0.15) is 0 Å². The van der Waals surface area contributed by atoms with E-state index in [0.29, 0.717) is 27.1 Å². The maximum Gasteiger partial charge on any atom is 0.407 e. The fourth-order valence-corrected chi connectivity index (χ4v) is 10.1. The number of carbonyl (C=O) groups excluding carboxylic acids is 6. The Morgan fingerprint density at radius 2 is 1.79 bits per heavy atom. The molecule has 14 nitrogen and oxygen atoms in total. The van der Waals surface area contributed by atoms with Crippen molar-refractivity contribution in [2.45, 2.75) is 82.0 Å². The number of fused-ring (bicyclic) bond motifs is 2. The minimum atomic E-state index is -2.10. The third-order valence-corrected chi connectivity index (χ3v) is 13.5. The minimum absolute atomic E-state index is 0.00984. The molecule has 3 amide bonds. The quantitative estimate of drug-likeness (QED) is 0.163. The molecule has 2 bridgehead atoms. The standard InChI is InChI=1S/C36H42N4O10S3/c1-23-13-16-36(35(3,47)33(45)52-53(36)48)20-30(43)39-24(2)32-40-26(22-51-32)11-7-8-12-27(41)28(19-23)50-31(44)15-18-37-29(42)14-17-38-34(46)49-21-25-9-5-4-6-10-25/h4-12,19,22,24,28,47H,13-18,20-21H2,1-3H3,(H,37,42)(H,38,46)(H,39,43)/b11-7-,12-8+,23-19+/t24-,28+,35-,36+,53?/m0/s1.